The van der Waals surface area contributed by atoms with Gasteiger partial charge in [-0.1, -0.05) is 29.8 Å². The summed E-state index contributed by atoms with van der Waals surface area (Å²) >= 11 is 5.98. The quantitative estimate of drug-likeness (QED) is 0.176. The van der Waals surface area contributed by atoms with Gasteiger partial charge in [0.15, 0.2) is 6.61 Å². The normalized spacial score (nSPS) is 10.6. The van der Waals surface area contributed by atoms with Crippen molar-refractivity contribution in [1.82, 2.24) is 0 Å². The Kier molecular flexibility index (Phi) is 8.48. The number of halogens is 1. The molecule has 0 unspecified atom stereocenters. The topological polar surface area (TPSA) is 177 Å². The number of ether oxygens (including phenoxy) is 1. The number of nitrogens with zero attached hydrogens (tertiary/aromatic N) is 3. The van der Waals surface area contributed by atoms with Crippen LogP contribution in [0.25, 0.3) is 6.08 Å². The zero-order valence-corrected chi connectivity index (χ0v) is 19.5. The van der Waals surface area contributed by atoms with Crippen molar-refractivity contribution in [2.75, 3.05) is 17.2 Å². The minimum Gasteiger partial charge on any atom is -0.483 e. The second-order valence-electron chi connectivity index (χ2n) is 7.23. The monoisotopic (exact) mass is 521 g/mol. The van der Waals surface area contributed by atoms with Gasteiger partial charge in [-0.2, -0.15) is 5.26 Å². The minimum atomic E-state index is -0.933. The second kappa shape index (κ2) is 11.9. The average molecular weight is 522 g/mol. The number of nitro benzene ring substituents is 2. The zero-order valence-electron chi connectivity index (χ0n) is 18.7. The third-order valence-corrected chi connectivity index (χ3v) is 5.01. The van der Waals surface area contributed by atoms with Gasteiger partial charge in [0.05, 0.1) is 20.6 Å². The standard InChI is InChI=1S/C24H16ClN5O7/c25-20-12-19(30(35)36)6-8-21(20)28-24(32)16(13-26)10-15-11-18(29(33)34)7-9-22(15)37-14-23(31)27-17-4-2-1-3-5-17/h1-12H,14H2,(H,27,31)(H,28,32). The molecule has 2 N–H and O–H groups in total. The molecule has 3 aromatic carbocycles. The molecule has 0 fully saturated rings. The maximum absolute atomic E-state index is 12.7. The SMILES string of the molecule is N#CC(=Cc1cc([N+](=O)[O-])ccc1OCC(=O)Nc1ccccc1)C(=O)Nc1ccc([N+](=O)[O-])cc1Cl. The number of hydrogen-bond acceptors (Lipinski definition) is 8. The molecule has 0 radical (unpaired) electrons. The first-order valence-corrected chi connectivity index (χ1v) is 10.7. The van der Waals surface area contributed by atoms with Gasteiger partial charge in [0, 0.05) is 35.5 Å². The molecule has 0 saturated carbocycles. The first kappa shape index (κ1) is 26.3. The molecule has 2 amide bonds. The van der Waals surface area contributed by atoms with Crippen LogP contribution in [0.1, 0.15) is 5.56 Å². The number of anilines is 2. The maximum Gasteiger partial charge on any atom is 0.271 e. The van der Waals surface area contributed by atoms with Crippen LogP contribution in [0.2, 0.25) is 5.02 Å². The van der Waals surface area contributed by atoms with Crippen molar-refractivity contribution in [1.29, 1.82) is 5.26 Å². The maximum atomic E-state index is 12.7. The summed E-state index contributed by atoms with van der Waals surface area (Å²) in [5, 5.41) is 36.5. The molecule has 3 aromatic rings. The highest BCUT2D eigenvalue weighted by atomic mass is 35.5. The van der Waals surface area contributed by atoms with Crippen molar-refractivity contribution in [2.24, 2.45) is 0 Å². The average Bonchev–Trinajstić information content (AvgIpc) is 2.87. The fourth-order valence-electron chi connectivity index (χ4n) is 2.97. The summed E-state index contributed by atoms with van der Waals surface area (Å²) in [5.74, 6) is -1.44. The Balaban J connectivity index is 1.84. The third-order valence-electron chi connectivity index (χ3n) is 4.70. The Morgan fingerprint density at radius 2 is 1.62 bits per heavy atom. The van der Waals surface area contributed by atoms with Crippen molar-refractivity contribution in [2.45, 2.75) is 0 Å². The molecule has 0 saturated heterocycles. The second-order valence-corrected chi connectivity index (χ2v) is 7.63. The van der Waals surface area contributed by atoms with E-state index in [9.17, 15) is 35.1 Å². The molecule has 0 spiro atoms. The van der Waals surface area contributed by atoms with Crippen LogP contribution in [-0.2, 0) is 9.59 Å². The molecule has 12 nitrogen and oxygen atoms in total. The lowest BCUT2D eigenvalue weighted by atomic mass is 10.1. The molecular weight excluding hydrogens is 506 g/mol. The number of carbonyl (C=O) groups is 2. The van der Waals surface area contributed by atoms with Gasteiger partial charge in [-0.15, -0.1) is 0 Å². The molecule has 0 aliphatic rings. The van der Waals surface area contributed by atoms with Gasteiger partial charge in [-0.25, -0.2) is 0 Å². The molecule has 0 bridgehead atoms. The van der Waals surface area contributed by atoms with Crippen LogP contribution in [0.3, 0.4) is 0 Å². The third kappa shape index (κ3) is 7.10. The van der Waals surface area contributed by atoms with E-state index in [0.29, 0.717) is 5.69 Å². The van der Waals surface area contributed by atoms with E-state index in [4.69, 9.17) is 16.3 Å². The smallest absolute Gasteiger partial charge is 0.271 e. The molecule has 0 aliphatic heterocycles. The molecule has 0 heterocycles. The molecule has 0 aromatic heterocycles. The summed E-state index contributed by atoms with van der Waals surface area (Å²) in [6.07, 6.45) is 1.05. The highest BCUT2D eigenvalue weighted by Gasteiger charge is 2.17. The highest BCUT2D eigenvalue weighted by molar-refractivity contribution is 6.34. The fourth-order valence-corrected chi connectivity index (χ4v) is 3.19. The van der Waals surface area contributed by atoms with Crippen LogP contribution in [0.4, 0.5) is 22.7 Å². The summed E-state index contributed by atoms with van der Waals surface area (Å²) in [5.41, 5.74) is -0.589. The van der Waals surface area contributed by atoms with E-state index in [1.54, 1.807) is 36.4 Å². The fraction of sp³-hybridized carbons (Fsp3) is 0.0417. The van der Waals surface area contributed by atoms with Gasteiger partial charge in [0.2, 0.25) is 0 Å². The van der Waals surface area contributed by atoms with E-state index >= 15 is 0 Å². The zero-order chi connectivity index (χ0) is 26.9. The number of rotatable bonds is 9. The van der Waals surface area contributed by atoms with Gasteiger partial charge >= 0.3 is 0 Å². The molecular formula is C24H16ClN5O7. The molecule has 0 atom stereocenters. The van der Waals surface area contributed by atoms with Gasteiger partial charge in [-0.05, 0) is 30.3 Å². The predicted octanol–water partition coefficient (Wildman–Crippen LogP) is 4.72. The Hall–Kier alpha value is -5.28. The molecule has 0 aliphatic carbocycles. The van der Waals surface area contributed by atoms with Crippen LogP contribution in [0, 0.1) is 31.6 Å². The summed E-state index contributed by atoms with van der Waals surface area (Å²) in [6.45, 7) is -0.458. The number of para-hydroxylation sites is 1. The van der Waals surface area contributed by atoms with Crippen LogP contribution in [0.5, 0.6) is 5.75 Å². The lowest BCUT2D eigenvalue weighted by Crippen LogP contribution is -2.20. The Morgan fingerprint density at radius 3 is 2.24 bits per heavy atom. The predicted molar refractivity (Wildman–Crippen MR) is 134 cm³/mol. The van der Waals surface area contributed by atoms with E-state index in [1.165, 1.54) is 12.1 Å². The number of nitro groups is 2. The van der Waals surface area contributed by atoms with E-state index < -0.39 is 33.8 Å². The van der Waals surface area contributed by atoms with Crippen molar-refractivity contribution >= 4 is 52.2 Å². The number of non-ortho nitro benzene ring substituents is 2. The lowest BCUT2D eigenvalue weighted by Gasteiger charge is -2.11. The molecule has 37 heavy (non-hydrogen) atoms. The van der Waals surface area contributed by atoms with Crippen LogP contribution in [0.15, 0.2) is 72.3 Å². The Morgan fingerprint density at radius 1 is 0.973 bits per heavy atom. The minimum absolute atomic E-state index is 0.00253. The number of hydrogen-bond donors (Lipinski definition) is 2. The number of amides is 2. The van der Waals surface area contributed by atoms with Crippen LogP contribution in [-0.4, -0.2) is 28.3 Å². The van der Waals surface area contributed by atoms with Gasteiger partial charge in [-0.3, -0.25) is 29.8 Å². The van der Waals surface area contributed by atoms with Gasteiger partial charge in [0.25, 0.3) is 23.2 Å². The summed E-state index contributed by atoms with van der Waals surface area (Å²) in [6, 6.07) is 17.1. The highest BCUT2D eigenvalue weighted by Crippen LogP contribution is 2.29. The molecule has 3 rings (SSSR count). The summed E-state index contributed by atoms with van der Waals surface area (Å²) < 4.78 is 5.50. The Labute approximate surface area is 214 Å². The molecule has 186 valence electrons. The van der Waals surface area contributed by atoms with E-state index in [-0.39, 0.29) is 33.4 Å². The Bertz CT molecular complexity index is 1450. The van der Waals surface area contributed by atoms with Crippen molar-refractivity contribution < 1.29 is 24.2 Å². The number of benzene rings is 3. The summed E-state index contributed by atoms with van der Waals surface area (Å²) in [4.78, 5) is 45.7. The first-order chi connectivity index (χ1) is 17.7. The summed E-state index contributed by atoms with van der Waals surface area (Å²) in [7, 11) is 0. The van der Waals surface area contributed by atoms with E-state index in [1.807, 2.05) is 0 Å². The van der Waals surface area contributed by atoms with Crippen LogP contribution >= 0.6 is 11.6 Å². The van der Waals surface area contributed by atoms with Crippen molar-refractivity contribution in [3.05, 3.63) is 103 Å². The van der Waals surface area contributed by atoms with E-state index in [0.717, 1.165) is 30.3 Å². The largest absolute Gasteiger partial charge is 0.483 e. The van der Waals surface area contributed by atoms with Gasteiger partial charge in [0.1, 0.15) is 17.4 Å². The van der Waals surface area contributed by atoms with E-state index in [2.05, 4.69) is 10.6 Å². The number of carbonyl (C=O) groups excluding carboxylic acids is 2. The number of nitrogens with one attached hydrogen (secondary N) is 2. The molecule has 13 heteroatoms. The first-order valence-electron chi connectivity index (χ1n) is 10.3. The van der Waals surface area contributed by atoms with Crippen molar-refractivity contribution in [3.8, 4) is 11.8 Å². The van der Waals surface area contributed by atoms with Crippen LogP contribution < -0.4 is 15.4 Å². The number of nitriles is 1. The van der Waals surface area contributed by atoms with Crippen molar-refractivity contribution in [3.63, 3.8) is 0 Å². The lowest BCUT2D eigenvalue weighted by molar-refractivity contribution is -0.385. The van der Waals surface area contributed by atoms with Gasteiger partial charge < -0.3 is 15.4 Å².